The van der Waals surface area contributed by atoms with Crippen LogP contribution < -0.4 is 0 Å². The van der Waals surface area contributed by atoms with Crippen molar-refractivity contribution in [2.75, 3.05) is 6.61 Å². The average Bonchev–Trinajstić information content (AvgIpc) is 2.53. The van der Waals surface area contributed by atoms with Crippen molar-refractivity contribution < 1.29 is 13.6 Å². The first-order valence-electron chi connectivity index (χ1n) is 9.58. The van der Waals surface area contributed by atoms with Crippen molar-refractivity contribution in [2.24, 2.45) is 0 Å². The van der Waals surface area contributed by atoms with Gasteiger partial charge in [0.1, 0.15) is 5.76 Å². The minimum absolute atomic E-state index is 0.431. The maximum absolute atomic E-state index is 6.41. The lowest BCUT2D eigenvalue weighted by Gasteiger charge is -2.32. The van der Waals surface area contributed by atoms with Crippen LogP contribution >= 0.6 is 0 Å². The second-order valence-electron chi connectivity index (χ2n) is 8.74. The molecule has 0 saturated carbocycles. The molecule has 144 valence electrons. The van der Waals surface area contributed by atoms with E-state index in [4.69, 9.17) is 13.6 Å². The second kappa shape index (κ2) is 8.48. The summed E-state index contributed by atoms with van der Waals surface area (Å²) in [5.41, 5.74) is 2.45. The van der Waals surface area contributed by atoms with E-state index in [-0.39, 0.29) is 0 Å². The molecule has 0 bridgehead atoms. The van der Waals surface area contributed by atoms with Crippen LogP contribution in [-0.2, 0) is 13.6 Å². The van der Waals surface area contributed by atoms with Crippen LogP contribution in [0.15, 0.2) is 53.7 Å². The van der Waals surface area contributed by atoms with Gasteiger partial charge in [0.25, 0.3) is 5.95 Å². The highest BCUT2D eigenvalue weighted by Crippen LogP contribution is 2.39. The maximum atomic E-state index is 6.41. The van der Waals surface area contributed by atoms with Crippen molar-refractivity contribution in [1.29, 1.82) is 0 Å². The first-order valence-corrected chi connectivity index (χ1v) is 16.4. The van der Waals surface area contributed by atoms with Crippen LogP contribution in [0.4, 0.5) is 0 Å². The van der Waals surface area contributed by atoms with Gasteiger partial charge in [-0.25, -0.2) is 0 Å². The van der Waals surface area contributed by atoms with Gasteiger partial charge in [-0.3, -0.25) is 0 Å². The molecule has 5 heteroatoms. The second-order valence-corrected chi connectivity index (χ2v) is 17.6. The van der Waals surface area contributed by atoms with E-state index >= 15 is 0 Å². The van der Waals surface area contributed by atoms with E-state index in [0.29, 0.717) is 18.5 Å². The zero-order chi connectivity index (χ0) is 19.4. The van der Waals surface area contributed by atoms with Gasteiger partial charge in [-0.2, -0.15) is 0 Å². The third kappa shape index (κ3) is 6.36. The minimum atomic E-state index is -1.79. The van der Waals surface area contributed by atoms with Gasteiger partial charge < -0.3 is 13.6 Å². The molecule has 0 amide bonds. The first kappa shape index (κ1) is 20.8. The number of allylic oxidation sites excluding steroid dienone is 2. The largest absolute Gasteiger partial charge is 0.544 e. The summed E-state index contributed by atoms with van der Waals surface area (Å²) < 4.78 is 18.7. The smallest absolute Gasteiger partial charge is 0.272 e. The van der Waals surface area contributed by atoms with Crippen molar-refractivity contribution in [1.82, 2.24) is 0 Å². The van der Waals surface area contributed by atoms with Crippen LogP contribution in [0, 0.1) is 0 Å². The third-order valence-electron chi connectivity index (χ3n) is 3.94. The Hall–Kier alpha value is -1.47. The van der Waals surface area contributed by atoms with E-state index in [0.717, 1.165) is 24.2 Å². The molecule has 0 aliphatic heterocycles. The SMILES string of the molecule is CCO/C(O[Si](C)(C)C)=C1/CC(c2ccccc2)CC=C1O[Si](C)(C)C. The maximum Gasteiger partial charge on any atom is 0.272 e. The van der Waals surface area contributed by atoms with Crippen molar-refractivity contribution in [2.45, 2.75) is 65.0 Å². The fourth-order valence-electron chi connectivity index (χ4n) is 2.99. The summed E-state index contributed by atoms with van der Waals surface area (Å²) in [6.07, 6.45) is 4.11. The molecule has 1 aliphatic rings. The Morgan fingerprint density at radius 3 is 2.19 bits per heavy atom. The Bertz CT molecular complexity index is 652. The molecule has 1 aliphatic carbocycles. The standard InChI is InChI=1S/C21H34O3Si2/c1-8-22-21(24-26(5,6)7)19-16-18(17-12-10-9-11-13-17)14-15-20(19)23-25(2,3)4/h9-13,15,18H,8,14,16H2,1-7H3/b21-19+. The predicted molar refractivity (Wildman–Crippen MR) is 114 cm³/mol. The van der Waals surface area contributed by atoms with Gasteiger partial charge in [-0.15, -0.1) is 0 Å². The van der Waals surface area contributed by atoms with E-state index in [2.05, 4.69) is 75.7 Å². The molecular formula is C21H34O3Si2. The van der Waals surface area contributed by atoms with Crippen LogP contribution in [0.1, 0.15) is 31.2 Å². The summed E-state index contributed by atoms with van der Waals surface area (Å²) in [5, 5.41) is 0. The molecule has 0 aromatic heterocycles. The summed E-state index contributed by atoms with van der Waals surface area (Å²) in [6, 6.07) is 10.7. The highest BCUT2D eigenvalue weighted by Gasteiger charge is 2.31. The summed E-state index contributed by atoms with van der Waals surface area (Å²) in [5.74, 6) is 2.08. The van der Waals surface area contributed by atoms with Crippen LogP contribution in [0.2, 0.25) is 39.3 Å². The van der Waals surface area contributed by atoms with E-state index in [1.807, 2.05) is 6.92 Å². The molecular weight excluding hydrogens is 356 g/mol. The molecule has 1 aromatic rings. The van der Waals surface area contributed by atoms with Crippen LogP contribution in [-0.4, -0.2) is 23.2 Å². The van der Waals surface area contributed by atoms with Gasteiger partial charge >= 0.3 is 0 Å². The molecule has 0 heterocycles. The predicted octanol–water partition coefficient (Wildman–Crippen LogP) is 6.40. The molecule has 3 nitrogen and oxygen atoms in total. The Labute approximate surface area is 161 Å². The molecule has 1 atom stereocenters. The van der Waals surface area contributed by atoms with E-state index in [1.54, 1.807) is 0 Å². The Morgan fingerprint density at radius 1 is 1.00 bits per heavy atom. The summed E-state index contributed by atoms with van der Waals surface area (Å²) in [4.78, 5) is 0. The number of hydrogen-bond donors (Lipinski definition) is 0. The van der Waals surface area contributed by atoms with Gasteiger partial charge in [-0.1, -0.05) is 30.3 Å². The molecule has 0 fully saturated rings. The number of benzene rings is 1. The number of rotatable bonds is 7. The molecule has 0 saturated heterocycles. The average molecular weight is 391 g/mol. The number of hydrogen-bond acceptors (Lipinski definition) is 3. The van der Waals surface area contributed by atoms with Crippen molar-refractivity contribution >= 4 is 16.6 Å². The van der Waals surface area contributed by atoms with E-state index < -0.39 is 16.6 Å². The monoisotopic (exact) mass is 390 g/mol. The molecule has 1 unspecified atom stereocenters. The first-order chi connectivity index (χ1) is 12.1. The minimum Gasteiger partial charge on any atom is -0.544 e. The van der Waals surface area contributed by atoms with Gasteiger partial charge in [0.15, 0.2) is 0 Å². The van der Waals surface area contributed by atoms with Gasteiger partial charge in [0.2, 0.25) is 16.6 Å². The van der Waals surface area contributed by atoms with Gasteiger partial charge in [0, 0.05) is 0 Å². The summed E-state index contributed by atoms with van der Waals surface area (Å²) in [7, 11) is -3.50. The van der Waals surface area contributed by atoms with Gasteiger partial charge in [0.05, 0.1) is 12.2 Å². The Morgan fingerprint density at radius 2 is 1.65 bits per heavy atom. The van der Waals surface area contributed by atoms with Crippen molar-refractivity contribution in [3.63, 3.8) is 0 Å². The molecule has 0 radical (unpaired) electrons. The van der Waals surface area contributed by atoms with Crippen LogP contribution in [0.3, 0.4) is 0 Å². The third-order valence-corrected chi connectivity index (χ3v) is 5.57. The van der Waals surface area contributed by atoms with E-state index in [9.17, 15) is 0 Å². The Kier molecular flexibility index (Phi) is 6.80. The quantitative estimate of drug-likeness (QED) is 0.398. The molecule has 1 aromatic carbocycles. The lowest BCUT2D eigenvalue weighted by Crippen LogP contribution is -2.30. The van der Waals surface area contributed by atoms with E-state index in [1.165, 1.54) is 5.56 Å². The zero-order valence-corrected chi connectivity index (χ0v) is 19.4. The topological polar surface area (TPSA) is 27.7 Å². The molecule has 26 heavy (non-hydrogen) atoms. The normalized spacial score (nSPS) is 20.3. The van der Waals surface area contributed by atoms with Gasteiger partial charge in [-0.05, 0) is 76.6 Å². The lowest BCUT2D eigenvalue weighted by atomic mass is 9.84. The fourth-order valence-corrected chi connectivity index (χ4v) is 4.59. The molecule has 2 rings (SSSR count). The number of ether oxygens (including phenoxy) is 1. The Balaban J connectivity index is 2.44. The molecule has 0 N–H and O–H groups in total. The summed E-state index contributed by atoms with van der Waals surface area (Å²) in [6.45, 7) is 15.8. The highest BCUT2D eigenvalue weighted by atomic mass is 28.4. The summed E-state index contributed by atoms with van der Waals surface area (Å²) >= 11 is 0. The highest BCUT2D eigenvalue weighted by molar-refractivity contribution is 6.70. The fraction of sp³-hybridized carbons (Fsp3) is 0.524. The van der Waals surface area contributed by atoms with Crippen molar-refractivity contribution in [3.8, 4) is 0 Å². The van der Waals surface area contributed by atoms with Crippen molar-refractivity contribution in [3.05, 3.63) is 59.2 Å². The van der Waals surface area contributed by atoms with Crippen LogP contribution in [0.25, 0.3) is 0 Å². The zero-order valence-electron chi connectivity index (χ0n) is 17.4. The lowest BCUT2D eigenvalue weighted by molar-refractivity contribution is 0.105. The van der Waals surface area contributed by atoms with Crippen LogP contribution in [0.5, 0.6) is 0 Å². The molecule has 0 spiro atoms.